The molecule has 21 heavy (non-hydrogen) atoms. The van der Waals surface area contributed by atoms with Gasteiger partial charge in [0.05, 0.1) is 34.8 Å². The first kappa shape index (κ1) is 12.8. The van der Waals surface area contributed by atoms with E-state index in [9.17, 15) is 9.59 Å². The Morgan fingerprint density at radius 3 is 2.81 bits per heavy atom. The van der Waals surface area contributed by atoms with Crippen LogP contribution in [0.25, 0.3) is 11.0 Å². The molecule has 3 rings (SSSR count). The van der Waals surface area contributed by atoms with E-state index >= 15 is 0 Å². The Hall–Kier alpha value is -3.22. The summed E-state index contributed by atoms with van der Waals surface area (Å²) in [5, 5.41) is 11.5. The number of hydrogen-bond donors (Lipinski definition) is 3. The van der Waals surface area contributed by atoms with Crippen LogP contribution in [0.4, 0.5) is 5.69 Å². The summed E-state index contributed by atoms with van der Waals surface area (Å²) in [6, 6.07) is 6.40. The molecule has 0 radical (unpaired) electrons. The lowest BCUT2D eigenvalue weighted by atomic mass is 10.2. The van der Waals surface area contributed by atoms with Crippen LogP contribution in [0, 0.1) is 0 Å². The highest BCUT2D eigenvalue weighted by Crippen LogP contribution is 2.14. The van der Waals surface area contributed by atoms with Crippen LogP contribution in [0.15, 0.2) is 43.0 Å². The fraction of sp³-hybridized carbons (Fsp3) is 0. The Labute approximate surface area is 118 Å². The van der Waals surface area contributed by atoms with E-state index in [1.165, 1.54) is 18.5 Å². The van der Waals surface area contributed by atoms with E-state index in [0.717, 1.165) is 11.0 Å². The van der Waals surface area contributed by atoms with E-state index in [2.05, 4.69) is 20.3 Å². The maximum absolute atomic E-state index is 12.1. The number of fused-ring (bicyclic) bond motifs is 1. The monoisotopic (exact) mass is 282 g/mol. The van der Waals surface area contributed by atoms with E-state index in [1.807, 2.05) is 0 Å². The number of nitrogens with one attached hydrogen (secondary N) is 2. The van der Waals surface area contributed by atoms with Gasteiger partial charge in [-0.3, -0.25) is 9.78 Å². The molecule has 0 bridgehead atoms. The lowest BCUT2D eigenvalue weighted by Crippen LogP contribution is -2.12. The minimum absolute atomic E-state index is 0.0109. The van der Waals surface area contributed by atoms with Crippen molar-refractivity contribution in [2.75, 3.05) is 5.32 Å². The van der Waals surface area contributed by atoms with Gasteiger partial charge >= 0.3 is 5.97 Å². The number of hydrogen-bond acceptors (Lipinski definition) is 4. The zero-order valence-corrected chi connectivity index (χ0v) is 10.7. The van der Waals surface area contributed by atoms with Crippen molar-refractivity contribution in [3.8, 4) is 0 Å². The van der Waals surface area contributed by atoms with Crippen LogP contribution in [0.2, 0.25) is 0 Å². The Bertz CT molecular complexity index is 841. The molecule has 0 fully saturated rings. The number of rotatable bonds is 3. The maximum atomic E-state index is 12.1. The predicted molar refractivity (Wildman–Crippen MR) is 75.2 cm³/mol. The fourth-order valence-corrected chi connectivity index (χ4v) is 1.91. The number of carbonyl (C=O) groups excluding carboxylic acids is 1. The van der Waals surface area contributed by atoms with Crippen LogP contribution in [0.5, 0.6) is 0 Å². The van der Waals surface area contributed by atoms with Crippen LogP contribution in [-0.4, -0.2) is 31.9 Å². The van der Waals surface area contributed by atoms with Gasteiger partial charge in [-0.2, -0.15) is 0 Å². The molecule has 104 valence electrons. The molecular weight excluding hydrogens is 272 g/mol. The van der Waals surface area contributed by atoms with Gasteiger partial charge in [0.2, 0.25) is 0 Å². The summed E-state index contributed by atoms with van der Waals surface area (Å²) in [5.74, 6) is -1.45. The Morgan fingerprint density at radius 2 is 2.00 bits per heavy atom. The summed E-state index contributed by atoms with van der Waals surface area (Å²) in [6.45, 7) is 0. The summed E-state index contributed by atoms with van der Waals surface area (Å²) >= 11 is 0. The molecule has 0 spiro atoms. The standard InChI is InChI=1S/C14H10N4O3/c19-13(8-1-2-11-12(4-8)17-7-16-11)18-10-3-9(14(20)21)5-15-6-10/h1-7H,(H,16,17)(H,18,19)(H,20,21). The quantitative estimate of drug-likeness (QED) is 0.680. The number of pyridine rings is 1. The number of benzene rings is 1. The van der Waals surface area contributed by atoms with Crippen LogP contribution < -0.4 is 5.32 Å². The number of nitrogens with zero attached hydrogens (tertiary/aromatic N) is 2. The van der Waals surface area contributed by atoms with Crippen LogP contribution in [0.3, 0.4) is 0 Å². The van der Waals surface area contributed by atoms with Crippen molar-refractivity contribution in [3.05, 3.63) is 54.1 Å². The van der Waals surface area contributed by atoms with Gasteiger partial charge in [-0.25, -0.2) is 9.78 Å². The average Bonchev–Trinajstić information content (AvgIpc) is 2.94. The molecule has 3 N–H and O–H groups in total. The summed E-state index contributed by atoms with van der Waals surface area (Å²) in [5.41, 5.74) is 2.29. The number of carboxylic acid groups (broad SMARTS) is 1. The van der Waals surface area contributed by atoms with Gasteiger partial charge in [-0.1, -0.05) is 0 Å². The first-order chi connectivity index (χ1) is 10.1. The molecule has 0 saturated heterocycles. The highest BCUT2D eigenvalue weighted by molar-refractivity contribution is 6.06. The molecule has 1 aromatic carbocycles. The molecular formula is C14H10N4O3. The molecule has 0 unspecified atom stereocenters. The predicted octanol–water partition coefficient (Wildman–Crippen LogP) is 1.91. The summed E-state index contributed by atoms with van der Waals surface area (Å²) in [6.07, 6.45) is 4.15. The van der Waals surface area contributed by atoms with Crippen molar-refractivity contribution >= 4 is 28.6 Å². The van der Waals surface area contributed by atoms with Crippen LogP contribution in [0.1, 0.15) is 20.7 Å². The molecule has 0 aliphatic heterocycles. The minimum atomic E-state index is -1.10. The molecule has 0 aliphatic rings. The third-order valence-electron chi connectivity index (χ3n) is 2.93. The van der Waals surface area contributed by atoms with Crippen molar-refractivity contribution in [1.29, 1.82) is 0 Å². The lowest BCUT2D eigenvalue weighted by molar-refractivity contribution is 0.0696. The van der Waals surface area contributed by atoms with Crippen molar-refractivity contribution in [3.63, 3.8) is 0 Å². The molecule has 0 atom stereocenters. The lowest BCUT2D eigenvalue weighted by Gasteiger charge is -2.05. The normalized spacial score (nSPS) is 10.5. The second-order valence-corrected chi connectivity index (χ2v) is 4.36. The summed E-state index contributed by atoms with van der Waals surface area (Å²) in [4.78, 5) is 33.8. The molecule has 1 amide bonds. The zero-order chi connectivity index (χ0) is 14.8. The topological polar surface area (TPSA) is 108 Å². The number of carboxylic acids is 1. The smallest absolute Gasteiger partial charge is 0.337 e. The van der Waals surface area contributed by atoms with Crippen LogP contribution >= 0.6 is 0 Å². The number of aromatic amines is 1. The number of anilines is 1. The van der Waals surface area contributed by atoms with Gasteiger partial charge in [0, 0.05) is 11.8 Å². The van der Waals surface area contributed by atoms with Crippen molar-refractivity contribution in [1.82, 2.24) is 15.0 Å². The number of imidazole rings is 1. The van der Waals surface area contributed by atoms with Gasteiger partial charge in [-0.05, 0) is 24.3 Å². The highest BCUT2D eigenvalue weighted by atomic mass is 16.4. The van der Waals surface area contributed by atoms with Crippen molar-refractivity contribution in [2.24, 2.45) is 0 Å². The van der Waals surface area contributed by atoms with Gasteiger partial charge < -0.3 is 15.4 Å². The Morgan fingerprint density at radius 1 is 1.14 bits per heavy atom. The van der Waals surface area contributed by atoms with E-state index in [-0.39, 0.29) is 11.5 Å². The average molecular weight is 282 g/mol. The first-order valence-corrected chi connectivity index (χ1v) is 6.06. The third-order valence-corrected chi connectivity index (χ3v) is 2.93. The number of aromatic carboxylic acids is 1. The minimum Gasteiger partial charge on any atom is -0.478 e. The zero-order valence-electron chi connectivity index (χ0n) is 10.7. The van der Waals surface area contributed by atoms with Crippen LogP contribution in [-0.2, 0) is 0 Å². The van der Waals surface area contributed by atoms with Gasteiger partial charge in [-0.15, -0.1) is 0 Å². The number of aromatic nitrogens is 3. The molecule has 0 saturated carbocycles. The molecule has 2 heterocycles. The second-order valence-electron chi connectivity index (χ2n) is 4.36. The van der Waals surface area contributed by atoms with Gasteiger partial charge in [0.1, 0.15) is 0 Å². The van der Waals surface area contributed by atoms with Gasteiger partial charge in [0.25, 0.3) is 5.91 Å². The summed E-state index contributed by atoms with van der Waals surface area (Å²) < 4.78 is 0. The molecule has 3 aromatic rings. The fourth-order valence-electron chi connectivity index (χ4n) is 1.91. The molecule has 7 nitrogen and oxygen atoms in total. The Kier molecular flexibility index (Phi) is 3.07. The van der Waals surface area contributed by atoms with Crippen molar-refractivity contribution in [2.45, 2.75) is 0 Å². The Balaban J connectivity index is 1.85. The number of H-pyrrole nitrogens is 1. The molecule has 7 heteroatoms. The molecule has 2 aromatic heterocycles. The largest absolute Gasteiger partial charge is 0.478 e. The van der Waals surface area contributed by atoms with E-state index in [1.54, 1.807) is 24.5 Å². The third kappa shape index (κ3) is 2.57. The van der Waals surface area contributed by atoms with E-state index < -0.39 is 5.97 Å². The second kappa shape index (κ2) is 5.04. The maximum Gasteiger partial charge on any atom is 0.337 e. The van der Waals surface area contributed by atoms with Gasteiger partial charge in [0.15, 0.2) is 0 Å². The highest BCUT2D eigenvalue weighted by Gasteiger charge is 2.10. The van der Waals surface area contributed by atoms with Crippen molar-refractivity contribution < 1.29 is 14.7 Å². The number of amides is 1. The molecule has 0 aliphatic carbocycles. The first-order valence-electron chi connectivity index (χ1n) is 6.06. The van der Waals surface area contributed by atoms with E-state index in [0.29, 0.717) is 11.3 Å². The van der Waals surface area contributed by atoms with E-state index in [4.69, 9.17) is 5.11 Å². The number of carbonyl (C=O) groups is 2. The SMILES string of the molecule is O=C(O)c1cncc(NC(=O)c2ccc3nc[nH]c3c2)c1. The summed E-state index contributed by atoms with van der Waals surface area (Å²) in [7, 11) is 0.